The molecule has 0 unspecified atom stereocenters. The van der Waals surface area contributed by atoms with E-state index in [1.165, 1.54) is 30.7 Å². The van der Waals surface area contributed by atoms with Gasteiger partial charge in [-0.05, 0) is 24.1 Å². The summed E-state index contributed by atoms with van der Waals surface area (Å²) in [6.45, 7) is 1.87. The van der Waals surface area contributed by atoms with E-state index >= 15 is 0 Å². The van der Waals surface area contributed by atoms with Crippen LogP contribution in [0.5, 0.6) is 0 Å². The molecule has 0 aliphatic rings. The van der Waals surface area contributed by atoms with Crippen LogP contribution in [0.15, 0.2) is 35.6 Å². The molecule has 0 saturated carbocycles. The van der Waals surface area contributed by atoms with Gasteiger partial charge in [0.25, 0.3) is 0 Å². The van der Waals surface area contributed by atoms with Crippen molar-refractivity contribution in [2.45, 2.75) is 24.8 Å². The summed E-state index contributed by atoms with van der Waals surface area (Å²) in [6.07, 6.45) is 3.47. The van der Waals surface area contributed by atoms with Crippen LogP contribution in [-0.4, -0.2) is 29.5 Å². The number of aromatic amines is 1. The molecule has 0 radical (unpaired) electrons. The van der Waals surface area contributed by atoms with Gasteiger partial charge in [-0.25, -0.2) is 22.9 Å². The Bertz CT molecular complexity index is 739. The van der Waals surface area contributed by atoms with E-state index < -0.39 is 16.0 Å². The molecular weight excluding hydrogens is 294 g/mol. The van der Waals surface area contributed by atoms with Crippen molar-refractivity contribution < 1.29 is 18.3 Å². The molecule has 1 heterocycles. The summed E-state index contributed by atoms with van der Waals surface area (Å²) in [6, 6.07) is 4.10. The molecule has 3 N–H and O–H groups in total. The first-order chi connectivity index (χ1) is 9.94. The standard InChI is InChI=1S/C13H15N3O4S/c1-2-9-3-4-11(5-12(9)13(17)18)21(19,20)16-7-10-6-14-8-15-10/h3-6,8,16H,2,7H2,1H3,(H,14,15)(H,17,18). The van der Waals surface area contributed by atoms with Crippen LogP contribution >= 0.6 is 0 Å². The number of H-pyrrole nitrogens is 1. The third-order valence-corrected chi connectivity index (χ3v) is 4.41. The molecule has 8 heteroatoms. The molecule has 1 aromatic carbocycles. The van der Waals surface area contributed by atoms with E-state index in [1.807, 2.05) is 6.92 Å². The van der Waals surface area contributed by atoms with E-state index in [4.69, 9.17) is 5.11 Å². The first kappa shape index (κ1) is 15.2. The zero-order chi connectivity index (χ0) is 15.5. The fourth-order valence-corrected chi connectivity index (χ4v) is 2.90. The Hall–Kier alpha value is -2.19. The summed E-state index contributed by atoms with van der Waals surface area (Å²) in [5, 5.41) is 9.14. The van der Waals surface area contributed by atoms with Crippen LogP contribution in [0.1, 0.15) is 28.5 Å². The molecule has 2 rings (SSSR count). The number of nitrogens with zero attached hydrogens (tertiary/aromatic N) is 1. The van der Waals surface area contributed by atoms with Gasteiger partial charge in [-0.2, -0.15) is 0 Å². The maximum Gasteiger partial charge on any atom is 0.336 e. The minimum Gasteiger partial charge on any atom is -0.478 e. The molecule has 0 aliphatic carbocycles. The van der Waals surface area contributed by atoms with Gasteiger partial charge in [-0.15, -0.1) is 0 Å². The minimum absolute atomic E-state index is 0.00177. The van der Waals surface area contributed by atoms with Crippen molar-refractivity contribution in [2.75, 3.05) is 0 Å². The van der Waals surface area contributed by atoms with Gasteiger partial charge in [0.05, 0.1) is 23.3 Å². The lowest BCUT2D eigenvalue weighted by Crippen LogP contribution is -2.23. The molecule has 0 fully saturated rings. The van der Waals surface area contributed by atoms with E-state index in [0.717, 1.165) is 0 Å². The number of sulfonamides is 1. The SMILES string of the molecule is CCc1ccc(S(=O)(=O)NCc2cnc[nH]2)cc1C(=O)O. The number of nitrogens with one attached hydrogen (secondary N) is 2. The third kappa shape index (κ3) is 3.47. The number of aromatic nitrogens is 2. The first-order valence-corrected chi connectivity index (χ1v) is 7.75. The van der Waals surface area contributed by atoms with Gasteiger partial charge in [-0.3, -0.25) is 0 Å². The predicted octanol–water partition coefficient (Wildman–Crippen LogP) is 1.15. The molecular formula is C13H15N3O4S. The number of imidazole rings is 1. The Morgan fingerprint density at radius 1 is 1.43 bits per heavy atom. The molecule has 1 aromatic heterocycles. The second kappa shape index (κ2) is 6.06. The second-order valence-electron chi connectivity index (χ2n) is 4.38. The van der Waals surface area contributed by atoms with Crippen LogP contribution in [0.2, 0.25) is 0 Å². The van der Waals surface area contributed by atoms with Crippen molar-refractivity contribution in [1.29, 1.82) is 0 Å². The van der Waals surface area contributed by atoms with Crippen molar-refractivity contribution in [1.82, 2.24) is 14.7 Å². The monoisotopic (exact) mass is 309 g/mol. The van der Waals surface area contributed by atoms with E-state index in [9.17, 15) is 13.2 Å². The molecule has 112 valence electrons. The van der Waals surface area contributed by atoms with Crippen molar-refractivity contribution in [3.63, 3.8) is 0 Å². The summed E-state index contributed by atoms with van der Waals surface area (Å²) in [5.41, 5.74) is 1.21. The van der Waals surface area contributed by atoms with E-state index in [-0.39, 0.29) is 17.0 Å². The van der Waals surface area contributed by atoms with Crippen LogP contribution < -0.4 is 4.72 Å². The molecule has 21 heavy (non-hydrogen) atoms. The number of aryl methyl sites for hydroxylation is 1. The van der Waals surface area contributed by atoms with Gasteiger partial charge in [0.1, 0.15) is 0 Å². The van der Waals surface area contributed by atoms with E-state index in [1.54, 1.807) is 0 Å². The molecule has 0 saturated heterocycles. The van der Waals surface area contributed by atoms with Crippen LogP contribution in [0, 0.1) is 0 Å². The van der Waals surface area contributed by atoms with E-state index in [0.29, 0.717) is 17.7 Å². The highest BCUT2D eigenvalue weighted by Gasteiger charge is 2.18. The average Bonchev–Trinajstić information content (AvgIpc) is 2.97. The minimum atomic E-state index is -3.78. The van der Waals surface area contributed by atoms with Crippen LogP contribution in [0.4, 0.5) is 0 Å². The molecule has 0 aliphatic heterocycles. The number of hydrogen-bond acceptors (Lipinski definition) is 4. The second-order valence-corrected chi connectivity index (χ2v) is 6.15. The molecule has 0 amide bonds. The van der Waals surface area contributed by atoms with Gasteiger partial charge in [0.2, 0.25) is 10.0 Å². The number of carbonyl (C=O) groups is 1. The van der Waals surface area contributed by atoms with Gasteiger partial charge < -0.3 is 10.1 Å². The number of benzene rings is 1. The summed E-state index contributed by atoms with van der Waals surface area (Å²) in [5.74, 6) is -1.14. The van der Waals surface area contributed by atoms with E-state index in [2.05, 4.69) is 14.7 Å². The first-order valence-electron chi connectivity index (χ1n) is 6.27. The highest BCUT2D eigenvalue weighted by Crippen LogP contribution is 2.17. The smallest absolute Gasteiger partial charge is 0.336 e. The maximum absolute atomic E-state index is 12.2. The zero-order valence-corrected chi connectivity index (χ0v) is 12.1. The van der Waals surface area contributed by atoms with Crippen molar-refractivity contribution in [3.05, 3.63) is 47.5 Å². The highest BCUT2D eigenvalue weighted by atomic mass is 32.2. The van der Waals surface area contributed by atoms with Crippen LogP contribution in [0.25, 0.3) is 0 Å². The third-order valence-electron chi connectivity index (χ3n) is 3.01. The molecule has 0 atom stereocenters. The lowest BCUT2D eigenvalue weighted by atomic mass is 10.1. The zero-order valence-electron chi connectivity index (χ0n) is 11.3. The number of hydrogen-bond donors (Lipinski definition) is 3. The molecule has 7 nitrogen and oxygen atoms in total. The van der Waals surface area contributed by atoms with Crippen molar-refractivity contribution >= 4 is 16.0 Å². The molecule has 2 aromatic rings. The summed E-state index contributed by atoms with van der Waals surface area (Å²) < 4.78 is 26.7. The lowest BCUT2D eigenvalue weighted by Gasteiger charge is -2.09. The van der Waals surface area contributed by atoms with Crippen LogP contribution in [0.3, 0.4) is 0 Å². The van der Waals surface area contributed by atoms with Crippen molar-refractivity contribution in [2.24, 2.45) is 0 Å². The normalized spacial score (nSPS) is 11.5. The van der Waals surface area contributed by atoms with Crippen LogP contribution in [-0.2, 0) is 23.0 Å². The fraction of sp³-hybridized carbons (Fsp3) is 0.231. The summed E-state index contributed by atoms with van der Waals surface area (Å²) >= 11 is 0. The largest absolute Gasteiger partial charge is 0.478 e. The Morgan fingerprint density at radius 3 is 2.76 bits per heavy atom. The topological polar surface area (TPSA) is 112 Å². The Balaban J connectivity index is 2.27. The van der Waals surface area contributed by atoms with Gasteiger partial charge >= 0.3 is 5.97 Å². The number of aromatic carboxylic acids is 1. The highest BCUT2D eigenvalue weighted by molar-refractivity contribution is 7.89. The average molecular weight is 309 g/mol. The maximum atomic E-state index is 12.2. The summed E-state index contributed by atoms with van der Waals surface area (Å²) in [7, 11) is -3.78. The number of carboxylic acid groups (broad SMARTS) is 1. The van der Waals surface area contributed by atoms with Gasteiger partial charge in [0.15, 0.2) is 0 Å². The van der Waals surface area contributed by atoms with Gasteiger partial charge in [-0.1, -0.05) is 13.0 Å². The Morgan fingerprint density at radius 2 is 2.19 bits per heavy atom. The fourth-order valence-electron chi connectivity index (χ4n) is 1.87. The quantitative estimate of drug-likeness (QED) is 0.741. The predicted molar refractivity (Wildman–Crippen MR) is 75.4 cm³/mol. The number of carboxylic acids is 1. The molecule has 0 spiro atoms. The number of rotatable bonds is 6. The molecule has 0 bridgehead atoms. The van der Waals surface area contributed by atoms with Gasteiger partial charge in [0, 0.05) is 11.9 Å². The lowest BCUT2D eigenvalue weighted by molar-refractivity contribution is 0.0695. The summed E-state index contributed by atoms with van der Waals surface area (Å²) in [4.78, 5) is 17.7. The Labute approximate surface area is 122 Å². The Kier molecular flexibility index (Phi) is 4.39. The van der Waals surface area contributed by atoms with Crippen molar-refractivity contribution in [3.8, 4) is 0 Å².